The number of halogens is 3. The van der Waals surface area contributed by atoms with E-state index in [-0.39, 0.29) is 28.6 Å². The number of urea groups is 1. The molecule has 4 rings (SSSR count). The highest BCUT2D eigenvalue weighted by Gasteiger charge is 2.57. The second kappa shape index (κ2) is 8.64. The standard InChI is InChI=1S/C24H25F3N4O2/c1-31-14-19(18-8-4-5-9-21(18)31)23(33,24(25,26)27)16-10-11-20(15(12-16)13-28)30-22(32)29-17-6-2-3-7-17/h4-5,8-14,17,28,33H,2-3,6-7H2,1H3,(H2,29,30,32)/p+1. The summed E-state index contributed by atoms with van der Waals surface area (Å²) in [6, 6.07) is 9.92. The summed E-state index contributed by atoms with van der Waals surface area (Å²) in [5, 5.41) is 23.3. The van der Waals surface area contributed by atoms with Gasteiger partial charge in [-0.15, -0.1) is 0 Å². The zero-order valence-electron chi connectivity index (χ0n) is 18.1. The number of hydrogen-bond donors (Lipinski definition) is 4. The van der Waals surface area contributed by atoms with E-state index in [2.05, 4.69) is 5.32 Å². The molecule has 33 heavy (non-hydrogen) atoms. The number of para-hydroxylation sites is 1. The molecule has 9 heteroatoms. The van der Waals surface area contributed by atoms with Crippen molar-refractivity contribution in [3.05, 3.63) is 65.4 Å². The zero-order chi connectivity index (χ0) is 23.8. The van der Waals surface area contributed by atoms with Gasteiger partial charge in [0.05, 0.1) is 5.56 Å². The van der Waals surface area contributed by atoms with Crippen LogP contribution in [0.1, 0.15) is 42.4 Å². The fourth-order valence-corrected chi connectivity index (χ4v) is 4.61. The van der Waals surface area contributed by atoms with Crippen molar-refractivity contribution in [2.75, 3.05) is 0 Å². The second-order valence-electron chi connectivity index (χ2n) is 8.50. The lowest BCUT2D eigenvalue weighted by Crippen LogP contribution is -2.86. The molecule has 0 bridgehead atoms. The fourth-order valence-electron chi connectivity index (χ4n) is 4.61. The first-order chi connectivity index (χ1) is 15.6. The largest absolute Gasteiger partial charge is 0.425 e. The van der Waals surface area contributed by atoms with Gasteiger partial charge in [-0.25, -0.2) is 10.1 Å². The number of alkyl halides is 3. The first-order valence-corrected chi connectivity index (χ1v) is 10.8. The highest BCUT2D eigenvalue weighted by Crippen LogP contribution is 2.47. The molecule has 6 nitrogen and oxygen atoms in total. The van der Waals surface area contributed by atoms with Crippen LogP contribution in [0, 0.1) is 5.41 Å². The maximum absolute atomic E-state index is 14.4. The molecule has 0 saturated heterocycles. The first kappa shape index (κ1) is 23.0. The van der Waals surface area contributed by atoms with Crippen LogP contribution in [0.2, 0.25) is 0 Å². The lowest BCUT2D eigenvalue weighted by Gasteiger charge is -2.31. The number of quaternary nitrogens is 1. The van der Waals surface area contributed by atoms with Crippen molar-refractivity contribution < 1.29 is 28.4 Å². The number of nitrogens with zero attached hydrogens (tertiary/aromatic N) is 1. The summed E-state index contributed by atoms with van der Waals surface area (Å²) in [5.74, 6) is 0. The number of hydrogen-bond acceptors (Lipinski definition) is 3. The second-order valence-corrected chi connectivity index (χ2v) is 8.50. The van der Waals surface area contributed by atoms with E-state index in [1.807, 2.05) is 0 Å². The Morgan fingerprint density at radius 1 is 1.21 bits per heavy atom. The molecule has 3 aromatic rings. The van der Waals surface area contributed by atoms with E-state index in [0.29, 0.717) is 11.2 Å². The summed E-state index contributed by atoms with van der Waals surface area (Å²) in [4.78, 5) is 12.4. The molecule has 0 radical (unpaired) electrons. The average Bonchev–Trinajstić information content (AvgIpc) is 3.40. The lowest BCUT2D eigenvalue weighted by atomic mass is 9.84. The van der Waals surface area contributed by atoms with Crippen molar-refractivity contribution in [3.63, 3.8) is 0 Å². The van der Waals surface area contributed by atoms with Crippen molar-refractivity contribution in [3.8, 4) is 0 Å². The third kappa shape index (κ3) is 4.14. The Labute approximate surface area is 188 Å². The predicted octanol–water partition coefficient (Wildman–Crippen LogP) is 3.82. The van der Waals surface area contributed by atoms with Gasteiger partial charge in [-0.2, -0.15) is 13.2 Å². The first-order valence-electron chi connectivity index (χ1n) is 10.8. The SMILES string of the molecule is Cn1cc(C(O)(c2ccc([NH2+]C(=O)NC3CCCC3)c(C=N)c2)C(F)(F)F)c2ccccc21. The Morgan fingerprint density at radius 2 is 1.91 bits per heavy atom. The van der Waals surface area contributed by atoms with Crippen LogP contribution in [0.4, 0.5) is 23.7 Å². The number of fused-ring (bicyclic) bond motifs is 1. The maximum Gasteiger partial charge on any atom is 0.425 e. The van der Waals surface area contributed by atoms with Crippen LogP contribution < -0.4 is 10.6 Å². The summed E-state index contributed by atoms with van der Waals surface area (Å²) in [7, 11) is 1.62. The summed E-state index contributed by atoms with van der Waals surface area (Å²) < 4.78 is 44.7. The van der Waals surface area contributed by atoms with Crippen molar-refractivity contribution in [1.29, 1.82) is 5.41 Å². The Bertz CT molecular complexity index is 1200. The number of carbonyl (C=O) groups excluding carboxylic acids is 1. The topological polar surface area (TPSA) is 94.7 Å². The van der Waals surface area contributed by atoms with Crippen LogP contribution in [0.3, 0.4) is 0 Å². The predicted molar refractivity (Wildman–Crippen MR) is 119 cm³/mol. The maximum atomic E-state index is 14.4. The molecule has 2 amide bonds. The number of nitrogens with two attached hydrogens (primary N) is 1. The molecule has 1 heterocycles. The molecule has 1 aromatic heterocycles. The summed E-state index contributed by atoms with van der Waals surface area (Å²) in [6.45, 7) is 0. The van der Waals surface area contributed by atoms with Gasteiger partial charge in [0.1, 0.15) is 5.69 Å². The molecule has 1 aliphatic rings. The number of aromatic nitrogens is 1. The molecule has 1 fully saturated rings. The van der Waals surface area contributed by atoms with E-state index < -0.39 is 17.3 Å². The molecule has 174 valence electrons. The van der Waals surface area contributed by atoms with Gasteiger partial charge in [-0.3, -0.25) is 0 Å². The van der Waals surface area contributed by atoms with Crippen LogP contribution in [-0.2, 0) is 12.6 Å². The van der Waals surface area contributed by atoms with Crippen LogP contribution in [0.15, 0.2) is 48.7 Å². The molecule has 1 unspecified atom stereocenters. The molecule has 1 aliphatic carbocycles. The normalized spacial score (nSPS) is 16.6. The van der Waals surface area contributed by atoms with E-state index in [1.165, 1.54) is 28.2 Å². The van der Waals surface area contributed by atoms with E-state index in [0.717, 1.165) is 44.0 Å². The number of nitrogens with one attached hydrogen (secondary N) is 2. The van der Waals surface area contributed by atoms with E-state index >= 15 is 0 Å². The average molecular weight is 459 g/mol. The van der Waals surface area contributed by atoms with Crippen LogP contribution in [0.5, 0.6) is 0 Å². The van der Waals surface area contributed by atoms with Crippen molar-refractivity contribution >= 4 is 28.8 Å². The number of rotatable bonds is 5. The zero-order valence-corrected chi connectivity index (χ0v) is 18.1. The number of carbonyl (C=O) groups is 1. The molecule has 1 saturated carbocycles. The third-order valence-corrected chi connectivity index (χ3v) is 6.35. The molecular weight excluding hydrogens is 433 g/mol. The summed E-state index contributed by atoms with van der Waals surface area (Å²) in [6.07, 6.45) is 1.04. The summed E-state index contributed by atoms with van der Waals surface area (Å²) in [5.41, 5.74) is -3.03. The fraction of sp³-hybridized carbons (Fsp3) is 0.333. The molecule has 1 atom stereocenters. The smallest absolute Gasteiger partial charge is 0.372 e. The number of benzene rings is 2. The number of amides is 2. The Balaban J connectivity index is 1.74. The van der Waals surface area contributed by atoms with Crippen LogP contribution in [-0.4, -0.2) is 34.1 Å². The van der Waals surface area contributed by atoms with Gasteiger partial charge in [-0.05, 0) is 36.6 Å². The van der Waals surface area contributed by atoms with Gasteiger partial charge < -0.3 is 20.4 Å². The number of aryl methyl sites for hydroxylation is 1. The van der Waals surface area contributed by atoms with E-state index in [9.17, 15) is 23.1 Å². The molecule has 2 aromatic carbocycles. The van der Waals surface area contributed by atoms with Gasteiger partial charge in [0.15, 0.2) is 0 Å². The Kier molecular flexibility index (Phi) is 6.02. The lowest BCUT2D eigenvalue weighted by molar-refractivity contribution is -0.465. The quantitative estimate of drug-likeness (QED) is 0.345. The number of primary amides is 1. The minimum atomic E-state index is -5.03. The van der Waals surface area contributed by atoms with Gasteiger partial charge in [-0.1, -0.05) is 31.0 Å². The molecule has 5 N–H and O–H groups in total. The minimum Gasteiger partial charge on any atom is -0.372 e. The van der Waals surface area contributed by atoms with Crippen molar-refractivity contribution in [1.82, 2.24) is 9.88 Å². The Hall–Kier alpha value is -3.17. The van der Waals surface area contributed by atoms with Crippen molar-refractivity contribution in [2.24, 2.45) is 7.05 Å². The van der Waals surface area contributed by atoms with E-state index in [4.69, 9.17) is 5.41 Å². The van der Waals surface area contributed by atoms with Gasteiger partial charge in [0, 0.05) is 48.0 Å². The molecular formula is C24H26F3N4O2+. The highest BCUT2D eigenvalue weighted by molar-refractivity contribution is 5.87. The van der Waals surface area contributed by atoms with Gasteiger partial charge in [0.2, 0.25) is 5.60 Å². The monoisotopic (exact) mass is 459 g/mol. The van der Waals surface area contributed by atoms with Gasteiger partial charge in [0.25, 0.3) is 0 Å². The molecule has 0 spiro atoms. The van der Waals surface area contributed by atoms with Gasteiger partial charge >= 0.3 is 12.2 Å². The minimum absolute atomic E-state index is 0.0955. The van der Waals surface area contributed by atoms with E-state index in [1.54, 1.807) is 25.2 Å². The Morgan fingerprint density at radius 3 is 2.58 bits per heavy atom. The highest BCUT2D eigenvalue weighted by atomic mass is 19.4. The molecule has 0 aliphatic heterocycles. The van der Waals surface area contributed by atoms with Crippen LogP contribution >= 0.6 is 0 Å². The third-order valence-electron chi connectivity index (χ3n) is 6.35. The summed E-state index contributed by atoms with van der Waals surface area (Å²) >= 11 is 0. The number of aliphatic hydroxyl groups is 1. The van der Waals surface area contributed by atoms with Crippen molar-refractivity contribution in [2.45, 2.75) is 43.5 Å². The van der Waals surface area contributed by atoms with Crippen LogP contribution in [0.25, 0.3) is 10.9 Å².